The van der Waals surface area contributed by atoms with Crippen molar-refractivity contribution < 1.29 is 9.53 Å². The smallest absolute Gasteiger partial charge is 0.251 e. The first-order chi connectivity index (χ1) is 12.6. The number of nitrogens with one attached hydrogen (secondary N) is 1. The van der Waals surface area contributed by atoms with Crippen LogP contribution in [0.5, 0.6) is 0 Å². The number of anilines is 1. The molecule has 1 saturated heterocycles. The molecule has 0 bridgehead atoms. The summed E-state index contributed by atoms with van der Waals surface area (Å²) < 4.78 is 6.49. The minimum absolute atomic E-state index is 0.0409. The van der Waals surface area contributed by atoms with E-state index < -0.39 is 0 Å². The average Bonchev–Trinajstić information content (AvgIpc) is 3.09. The van der Waals surface area contributed by atoms with Crippen LogP contribution in [-0.4, -0.2) is 43.2 Å². The predicted octanol–water partition coefficient (Wildman–Crippen LogP) is 3.69. The number of rotatable bonds is 3. The molecule has 1 saturated carbocycles. The van der Waals surface area contributed by atoms with Gasteiger partial charge in [0.2, 0.25) is 0 Å². The first kappa shape index (κ1) is 17.7. The van der Waals surface area contributed by atoms with E-state index in [1.165, 1.54) is 12.8 Å². The van der Waals surface area contributed by atoms with Crippen LogP contribution in [0.25, 0.3) is 10.2 Å². The Morgan fingerprint density at radius 3 is 2.88 bits per heavy atom. The number of nitrogens with zero attached hydrogens (tertiary/aromatic N) is 2. The maximum absolute atomic E-state index is 12.8. The molecule has 2 fully saturated rings. The number of thiazole rings is 1. The van der Waals surface area contributed by atoms with Crippen LogP contribution in [0, 0.1) is 11.8 Å². The van der Waals surface area contributed by atoms with E-state index in [1.54, 1.807) is 11.3 Å². The number of hydrogen-bond donors (Lipinski definition) is 1. The molecule has 0 spiro atoms. The Morgan fingerprint density at radius 1 is 1.27 bits per heavy atom. The average molecular weight is 374 g/mol. The third-order valence-corrected chi connectivity index (χ3v) is 7.02. The van der Waals surface area contributed by atoms with Crippen molar-refractivity contribution in [2.75, 3.05) is 31.2 Å². The zero-order valence-corrected chi connectivity index (χ0v) is 16.3. The largest absolute Gasteiger partial charge is 0.378 e. The van der Waals surface area contributed by atoms with Crippen LogP contribution in [0.3, 0.4) is 0 Å². The molecule has 3 atom stereocenters. The van der Waals surface area contributed by atoms with Gasteiger partial charge in [-0.2, -0.15) is 0 Å². The van der Waals surface area contributed by atoms with E-state index in [1.807, 2.05) is 18.2 Å². The molecule has 1 aliphatic heterocycles. The standard InChI is InChI=1S/C20H27N3O2S/c1-13-4-3-5-16(14(13)2)21-19(24)15-6-7-17-18(12-15)26-20(22-17)23-8-10-25-11-9-23/h6-7,12-14,16H,3-5,8-11H2,1-2H3,(H,21,24)/t13-,14+,16+/m1/s1. The lowest BCUT2D eigenvalue weighted by atomic mass is 9.78. The van der Waals surface area contributed by atoms with Crippen molar-refractivity contribution in [1.82, 2.24) is 10.3 Å². The fourth-order valence-corrected chi connectivity index (χ4v) is 5.04. The summed E-state index contributed by atoms with van der Waals surface area (Å²) in [6, 6.07) is 6.14. The van der Waals surface area contributed by atoms with Gasteiger partial charge in [0.25, 0.3) is 5.91 Å². The number of carbonyl (C=O) groups is 1. The molecule has 1 aromatic heterocycles. The van der Waals surface area contributed by atoms with Crippen LogP contribution in [-0.2, 0) is 4.74 Å². The second-order valence-electron chi connectivity index (χ2n) is 7.63. The van der Waals surface area contributed by atoms with Gasteiger partial charge in [0.05, 0.1) is 23.4 Å². The van der Waals surface area contributed by atoms with Gasteiger partial charge in [-0.05, 0) is 36.5 Å². The van der Waals surface area contributed by atoms with Crippen molar-refractivity contribution in [2.45, 2.75) is 39.2 Å². The molecule has 2 heterocycles. The Kier molecular flexibility index (Phi) is 5.14. The first-order valence-corrected chi connectivity index (χ1v) is 10.5. The monoisotopic (exact) mass is 373 g/mol. The van der Waals surface area contributed by atoms with Gasteiger partial charge in [-0.3, -0.25) is 4.79 Å². The Labute approximate surface area is 158 Å². The number of carbonyl (C=O) groups excluding carboxylic acids is 1. The van der Waals surface area contributed by atoms with Crippen molar-refractivity contribution in [1.29, 1.82) is 0 Å². The topological polar surface area (TPSA) is 54.5 Å². The van der Waals surface area contributed by atoms with Crippen LogP contribution in [0.4, 0.5) is 5.13 Å². The van der Waals surface area contributed by atoms with E-state index in [4.69, 9.17) is 9.72 Å². The van der Waals surface area contributed by atoms with Crippen molar-refractivity contribution in [3.63, 3.8) is 0 Å². The summed E-state index contributed by atoms with van der Waals surface area (Å²) in [5.41, 5.74) is 1.70. The van der Waals surface area contributed by atoms with E-state index >= 15 is 0 Å². The highest BCUT2D eigenvalue weighted by Crippen LogP contribution is 2.31. The van der Waals surface area contributed by atoms with Crippen LogP contribution in [0.1, 0.15) is 43.5 Å². The second kappa shape index (κ2) is 7.53. The van der Waals surface area contributed by atoms with Crippen molar-refractivity contribution in [3.8, 4) is 0 Å². The zero-order valence-electron chi connectivity index (χ0n) is 15.5. The lowest BCUT2D eigenvalue weighted by molar-refractivity contribution is 0.0891. The first-order valence-electron chi connectivity index (χ1n) is 9.66. The van der Waals surface area contributed by atoms with E-state index in [-0.39, 0.29) is 11.9 Å². The molecule has 26 heavy (non-hydrogen) atoms. The van der Waals surface area contributed by atoms with Gasteiger partial charge < -0.3 is 15.0 Å². The lowest BCUT2D eigenvalue weighted by Gasteiger charge is -2.34. The lowest BCUT2D eigenvalue weighted by Crippen LogP contribution is -2.43. The molecule has 140 valence electrons. The molecule has 6 heteroatoms. The van der Waals surface area contributed by atoms with E-state index in [0.29, 0.717) is 11.8 Å². The van der Waals surface area contributed by atoms with Gasteiger partial charge >= 0.3 is 0 Å². The van der Waals surface area contributed by atoms with Gasteiger partial charge in [0.15, 0.2) is 5.13 Å². The summed E-state index contributed by atoms with van der Waals surface area (Å²) in [5.74, 6) is 1.25. The normalized spacial score (nSPS) is 26.8. The Balaban J connectivity index is 1.50. The Bertz CT molecular complexity index is 784. The summed E-state index contributed by atoms with van der Waals surface area (Å²) in [6.07, 6.45) is 3.55. The highest BCUT2D eigenvalue weighted by atomic mass is 32.1. The summed E-state index contributed by atoms with van der Waals surface area (Å²) >= 11 is 1.66. The van der Waals surface area contributed by atoms with E-state index in [0.717, 1.165) is 53.6 Å². The molecular formula is C20H27N3O2S. The highest BCUT2D eigenvalue weighted by molar-refractivity contribution is 7.22. The number of hydrogen-bond acceptors (Lipinski definition) is 5. The number of morpholine rings is 1. The fourth-order valence-electron chi connectivity index (χ4n) is 3.98. The van der Waals surface area contributed by atoms with Crippen LogP contribution >= 0.6 is 11.3 Å². The Hall–Kier alpha value is -1.66. The molecule has 2 aromatic rings. The van der Waals surface area contributed by atoms with Crippen molar-refractivity contribution in [2.24, 2.45) is 11.8 Å². The molecule has 4 rings (SSSR count). The number of fused-ring (bicyclic) bond motifs is 1. The summed E-state index contributed by atoms with van der Waals surface area (Å²) in [5, 5.41) is 4.29. The van der Waals surface area contributed by atoms with Gasteiger partial charge in [-0.1, -0.05) is 38.0 Å². The quantitative estimate of drug-likeness (QED) is 0.892. The SMILES string of the molecule is C[C@H]1[C@H](C)CCC[C@@H]1NC(=O)c1ccc2nc(N3CCOCC3)sc2c1. The number of ether oxygens (including phenoxy) is 1. The predicted molar refractivity (Wildman–Crippen MR) is 106 cm³/mol. The van der Waals surface area contributed by atoms with Crippen molar-refractivity contribution >= 4 is 32.6 Å². The van der Waals surface area contributed by atoms with Crippen molar-refractivity contribution in [3.05, 3.63) is 23.8 Å². The van der Waals surface area contributed by atoms with Gasteiger partial charge in [0, 0.05) is 24.7 Å². The summed E-state index contributed by atoms with van der Waals surface area (Å²) in [4.78, 5) is 19.8. The maximum atomic E-state index is 12.8. The molecule has 0 unspecified atom stereocenters. The number of benzene rings is 1. The molecule has 2 aliphatic rings. The molecule has 1 aliphatic carbocycles. The van der Waals surface area contributed by atoms with Crippen LogP contribution in [0.15, 0.2) is 18.2 Å². The third kappa shape index (κ3) is 3.58. The fraction of sp³-hybridized carbons (Fsp3) is 0.600. The molecule has 1 N–H and O–H groups in total. The van der Waals surface area contributed by atoms with Gasteiger partial charge in [-0.25, -0.2) is 4.98 Å². The highest BCUT2D eigenvalue weighted by Gasteiger charge is 2.28. The minimum Gasteiger partial charge on any atom is -0.378 e. The van der Waals surface area contributed by atoms with Gasteiger partial charge in [0.1, 0.15) is 0 Å². The second-order valence-corrected chi connectivity index (χ2v) is 8.63. The van der Waals surface area contributed by atoms with Gasteiger partial charge in [-0.15, -0.1) is 0 Å². The van der Waals surface area contributed by atoms with Crippen LogP contribution < -0.4 is 10.2 Å². The number of amides is 1. The Morgan fingerprint density at radius 2 is 2.08 bits per heavy atom. The maximum Gasteiger partial charge on any atom is 0.251 e. The summed E-state index contributed by atoms with van der Waals surface area (Å²) in [7, 11) is 0. The minimum atomic E-state index is 0.0409. The molecule has 5 nitrogen and oxygen atoms in total. The molecule has 0 radical (unpaired) electrons. The summed E-state index contributed by atoms with van der Waals surface area (Å²) in [6.45, 7) is 7.81. The third-order valence-electron chi connectivity index (χ3n) is 5.94. The zero-order chi connectivity index (χ0) is 18.1. The van der Waals surface area contributed by atoms with E-state index in [9.17, 15) is 4.79 Å². The number of aromatic nitrogens is 1. The molecular weight excluding hydrogens is 346 g/mol. The van der Waals surface area contributed by atoms with Crippen LogP contribution in [0.2, 0.25) is 0 Å². The molecule has 1 amide bonds. The molecule has 1 aromatic carbocycles. The van der Waals surface area contributed by atoms with E-state index in [2.05, 4.69) is 24.1 Å².